The quantitative estimate of drug-likeness (QED) is 0.0564. The molecule has 0 aromatic rings. The van der Waals surface area contributed by atoms with Gasteiger partial charge in [-0.05, 0) is 12.8 Å². The molecule has 0 heterocycles. The third-order valence-corrected chi connectivity index (χ3v) is 7.19. The predicted octanol–water partition coefficient (Wildman–Crippen LogP) is 9.16. The molecule has 38 heavy (non-hydrogen) atoms. The van der Waals surface area contributed by atoms with Gasteiger partial charge in [0.25, 0.3) is 0 Å². The number of carbonyl (C=O) groups is 2. The maximum atomic E-state index is 12.4. The molecule has 0 saturated carbocycles. The van der Waals surface area contributed by atoms with Gasteiger partial charge in [-0.15, -0.1) is 0 Å². The first-order chi connectivity index (χ1) is 18.3. The van der Waals surface area contributed by atoms with E-state index in [1.54, 1.807) is 0 Å². The lowest BCUT2D eigenvalue weighted by Crippen LogP contribution is -2.44. The molecule has 0 aromatic carbocycles. The number of hydrogen-bond acceptors (Lipinski definition) is 4. The van der Waals surface area contributed by atoms with Gasteiger partial charge in [0.1, 0.15) is 6.54 Å². The van der Waals surface area contributed by atoms with Gasteiger partial charge in [-0.25, -0.2) is 0 Å². The molecule has 1 unspecified atom stereocenters. The van der Waals surface area contributed by atoms with Crippen LogP contribution in [0.25, 0.3) is 0 Å². The Kier molecular flexibility index (Phi) is 25.4. The maximum Gasteiger partial charge on any atom is 0.309 e. The first-order valence-corrected chi connectivity index (χ1v) is 16.4. The fourth-order valence-electron chi connectivity index (χ4n) is 4.95. The van der Waals surface area contributed by atoms with Gasteiger partial charge >= 0.3 is 11.9 Å². The van der Waals surface area contributed by atoms with Crippen molar-refractivity contribution in [2.75, 3.05) is 34.3 Å². The van der Waals surface area contributed by atoms with Crippen LogP contribution in [0.15, 0.2) is 0 Å². The summed E-state index contributed by atoms with van der Waals surface area (Å²) in [6.45, 7) is 5.59. The van der Waals surface area contributed by atoms with E-state index in [0.717, 1.165) is 25.7 Å². The minimum Gasteiger partial charge on any atom is -0.466 e. The van der Waals surface area contributed by atoms with Crippen molar-refractivity contribution in [3.63, 3.8) is 0 Å². The molecule has 0 amide bonds. The summed E-state index contributed by atoms with van der Waals surface area (Å²) < 4.78 is 11.9. The zero-order valence-electron chi connectivity index (χ0n) is 26.3. The zero-order valence-corrected chi connectivity index (χ0v) is 26.3. The normalized spacial score (nSPS) is 12.4. The average Bonchev–Trinajstić information content (AvgIpc) is 2.84. The van der Waals surface area contributed by atoms with E-state index < -0.39 is 6.10 Å². The molecule has 0 aromatic heterocycles. The number of nitrogens with zero attached hydrogens (tertiary/aromatic N) is 1. The van der Waals surface area contributed by atoms with E-state index in [9.17, 15) is 9.59 Å². The van der Waals surface area contributed by atoms with Gasteiger partial charge < -0.3 is 14.0 Å². The maximum absolute atomic E-state index is 12.4. The summed E-state index contributed by atoms with van der Waals surface area (Å²) in [5.41, 5.74) is 0. The zero-order chi connectivity index (χ0) is 28.3. The highest BCUT2D eigenvalue weighted by molar-refractivity contribution is 5.72. The van der Waals surface area contributed by atoms with Crippen LogP contribution in [0.1, 0.15) is 162 Å². The Hall–Kier alpha value is -1.10. The van der Waals surface area contributed by atoms with Crippen molar-refractivity contribution in [3.05, 3.63) is 0 Å². The Morgan fingerprint density at radius 3 is 1.37 bits per heavy atom. The number of hydrogen-bond donors (Lipinski definition) is 0. The smallest absolute Gasteiger partial charge is 0.309 e. The molecule has 0 aliphatic rings. The standard InChI is InChI=1S/C33H66NO4/c1-6-8-10-12-14-16-18-20-22-24-26-28-37-33(36)29-31(30-34(3,4)5)38-32(35)27-25-23-21-19-17-15-13-11-9-7-2/h31H,6-30H2,1-5H3/q+1. The Balaban J connectivity index is 3.95. The molecule has 0 N–H and O–H groups in total. The molecular formula is C33H66NO4+. The summed E-state index contributed by atoms with van der Waals surface area (Å²) in [6.07, 6.45) is 26.6. The van der Waals surface area contributed by atoms with Crippen LogP contribution in [0.5, 0.6) is 0 Å². The van der Waals surface area contributed by atoms with E-state index >= 15 is 0 Å². The van der Waals surface area contributed by atoms with E-state index in [-0.39, 0.29) is 18.4 Å². The number of esters is 2. The molecule has 5 nitrogen and oxygen atoms in total. The molecule has 0 radical (unpaired) electrons. The number of carbonyl (C=O) groups excluding carboxylic acids is 2. The van der Waals surface area contributed by atoms with Crippen molar-refractivity contribution in [3.8, 4) is 0 Å². The Labute approximate surface area is 237 Å². The summed E-state index contributed by atoms with van der Waals surface area (Å²) in [6, 6.07) is 0. The van der Waals surface area contributed by atoms with Crippen molar-refractivity contribution in [1.82, 2.24) is 0 Å². The SMILES string of the molecule is CCCCCCCCCCCCCOC(=O)CC(C[N+](C)(C)C)OC(=O)CCCCCCCCCCCC. The largest absolute Gasteiger partial charge is 0.466 e. The second kappa shape index (κ2) is 26.1. The molecule has 0 saturated heterocycles. The van der Waals surface area contributed by atoms with Crippen LogP contribution in [-0.2, 0) is 19.1 Å². The minimum atomic E-state index is -0.421. The van der Waals surface area contributed by atoms with Crippen LogP contribution >= 0.6 is 0 Å². The van der Waals surface area contributed by atoms with Gasteiger partial charge in [0, 0.05) is 6.42 Å². The van der Waals surface area contributed by atoms with Crippen molar-refractivity contribution in [2.45, 2.75) is 168 Å². The summed E-state index contributed by atoms with van der Waals surface area (Å²) >= 11 is 0. The summed E-state index contributed by atoms with van der Waals surface area (Å²) in [4.78, 5) is 24.9. The van der Waals surface area contributed by atoms with Gasteiger partial charge in [0.05, 0.1) is 34.2 Å². The Morgan fingerprint density at radius 2 is 0.947 bits per heavy atom. The molecule has 0 rings (SSSR count). The van der Waals surface area contributed by atoms with Crippen LogP contribution in [0.3, 0.4) is 0 Å². The summed E-state index contributed by atoms with van der Waals surface area (Å²) in [5.74, 6) is -0.427. The molecule has 0 aliphatic heterocycles. The highest BCUT2D eigenvalue weighted by atomic mass is 16.6. The summed E-state index contributed by atoms with van der Waals surface area (Å²) in [5, 5.41) is 0. The van der Waals surface area contributed by atoms with Gasteiger partial charge in [0.2, 0.25) is 0 Å². The third kappa shape index (κ3) is 27.9. The second-order valence-electron chi connectivity index (χ2n) is 12.5. The van der Waals surface area contributed by atoms with Gasteiger partial charge in [-0.3, -0.25) is 9.59 Å². The monoisotopic (exact) mass is 540 g/mol. The highest BCUT2D eigenvalue weighted by Gasteiger charge is 2.25. The third-order valence-electron chi connectivity index (χ3n) is 7.19. The first kappa shape index (κ1) is 36.9. The number of likely N-dealkylation sites (N-methyl/N-ethyl adjacent to an activating group) is 1. The highest BCUT2D eigenvalue weighted by Crippen LogP contribution is 2.14. The fourth-order valence-corrected chi connectivity index (χ4v) is 4.95. The van der Waals surface area contributed by atoms with E-state index in [2.05, 4.69) is 35.0 Å². The Morgan fingerprint density at radius 1 is 0.553 bits per heavy atom. The number of ether oxygens (including phenoxy) is 2. The van der Waals surface area contributed by atoms with Gasteiger partial charge in [0.15, 0.2) is 6.10 Å². The van der Waals surface area contributed by atoms with Crippen LogP contribution < -0.4 is 0 Å². The molecule has 5 heteroatoms. The van der Waals surface area contributed by atoms with E-state index in [1.807, 2.05) is 0 Å². The fraction of sp³-hybridized carbons (Fsp3) is 0.939. The lowest BCUT2D eigenvalue weighted by molar-refractivity contribution is -0.873. The lowest BCUT2D eigenvalue weighted by atomic mass is 10.1. The lowest BCUT2D eigenvalue weighted by Gasteiger charge is -2.28. The van der Waals surface area contributed by atoms with E-state index in [0.29, 0.717) is 24.1 Å². The van der Waals surface area contributed by atoms with E-state index in [1.165, 1.54) is 109 Å². The molecule has 0 aliphatic carbocycles. The molecule has 226 valence electrons. The minimum absolute atomic E-state index is 0.150. The predicted molar refractivity (Wildman–Crippen MR) is 161 cm³/mol. The van der Waals surface area contributed by atoms with Crippen LogP contribution in [0, 0.1) is 0 Å². The van der Waals surface area contributed by atoms with E-state index in [4.69, 9.17) is 9.47 Å². The molecule has 0 bridgehead atoms. The van der Waals surface area contributed by atoms with Crippen molar-refractivity contribution < 1.29 is 23.5 Å². The van der Waals surface area contributed by atoms with Crippen molar-refractivity contribution >= 4 is 11.9 Å². The number of rotatable bonds is 28. The molecular weight excluding hydrogens is 474 g/mol. The van der Waals surface area contributed by atoms with Crippen LogP contribution in [0.4, 0.5) is 0 Å². The molecule has 0 spiro atoms. The van der Waals surface area contributed by atoms with Crippen LogP contribution in [-0.4, -0.2) is 56.8 Å². The number of unbranched alkanes of at least 4 members (excludes halogenated alkanes) is 19. The molecule has 0 fully saturated rings. The Bertz CT molecular complexity index is 544. The average molecular weight is 541 g/mol. The van der Waals surface area contributed by atoms with Crippen LogP contribution in [0.2, 0.25) is 0 Å². The number of quaternary nitrogens is 1. The van der Waals surface area contributed by atoms with Gasteiger partial charge in [-0.2, -0.15) is 0 Å². The summed E-state index contributed by atoms with van der Waals surface area (Å²) in [7, 11) is 6.17. The first-order valence-electron chi connectivity index (χ1n) is 16.4. The topological polar surface area (TPSA) is 52.6 Å². The molecule has 1 atom stereocenters. The van der Waals surface area contributed by atoms with Crippen molar-refractivity contribution in [2.24, 2.45) is 0 Å². The second-order valence-corrected chi connectivity index (χ2v) is 12.5. The van der Waals surface area contributed by atoms with Crippen molar-refractivity contribution in [1.29, 1.82) is 0 Å². The van der Waals surface area contributed by atoms with Gasteiger partial charge in [-0.1, -0.05) is 136 Å².